The van der Waals surface area contributed by atoms with Gasteiger partial charge in [0, 0.05) is 16.7 Å². The van der Waals surface area contributed by atoms with Gasteiger partial charge in [-0.1, -0.05) is 170 Å². The zero-order valence-electron chi connectivity index (χ0n) is 27.1. The summed E-state index contributed by atoms with van der Waals surface area (Å²) in [6, 6.07) is 62.2. The van der Waals surface area contributed by atoms with Gasteiger partial charge in [-0.3, -0.25) is 0 Å². The van der Waals surface area contributed by atoms with Crippen LogP contribution in [-0.4, -0.2) is 15.0 Å². The third kappa shape index (κ3) is 4.48. The van der Waals surface area contributed by atoms with Crippen LogP contribution in [0.25, 0.3) is 99.2 Å². The van der Waals surface area contributed by atoms with Gasteiger partial charge in [-0.2, -0.15) is 0 Å². The van der Waals surface area contributed by atoms with Crippen molar-refractivity contribution in [3.05, 3.63) is 176 Å². The first-order chi connectivity index (χ1) is 24.8. The fourth-order valence-corrected chi connectivity index (χ4v) is 7.66. The summed E-state index contributed by atoms with van der Waals surface area (Å²) in [5.41, 5.74) is 5.12. The standard InChI is InChI=1S/C47H29N3/c1-2-16-31(17-3-1)45-48-46(40-28-14-18-30-15-4-5-19-32(30)40)50-47(49-45)41-27-13-10-24-37(41)42-29-43-35-22-7-6-20-33(35)34-21-8-11-25-38(34)44(43)39-26-12-9-23-36(39)42/h1-29H. The maximum atomic E-state index is 5.25. The van der Waals surface area contributed by atoms with Crippen molar-refractivity contribution < 1.29 is 0 Å². The van der Waals surface area contributed by atoms with Crippen LogP contribution < -0.4 is 0 Å². The van der Waals surface area contributed by atoms with E-state index < -0.39 is 0 Å². The lowest BCUT2D eigenvalue weighted by Crippen LogP contribution is -2.01. The number of aromatic nitrogens is 3. The SMILES string of the molecule is c1ccc(-c2nc(-c3ccccc3-c3cc4c5ccccc5c5ccccc5c4c4ccccc34)nc(-c3cccc4ccccc34)n2)cc1. The molecule has 0 saturated heterocycles. The summed E-state index contributed by atoms with van der Waals surface area (Å²) >= 11 is 0. The molecule has 0 spiro atoms. The summed E-state index contributed by atoms with van der Waals surface area (Å²) in [7, 11) is 0. The van der Waals surface area contributed by atoms with Crippen molar-refractivity contribution in [2.45, 2.75) is 0 Å². The topological polar surface area (TPSA) is 38.7 Å². The van der Waals surface area contributed by atoms with Crippen LogP contribution in [0.1, 0.15) is 0 Å². The Morgan fingerprint density at radius 2 is 0.720 bits per heavy atom. The van der Waals surface area contributed by atoms with Crippen molar-refractivity contribution >= 4 is 53.9 Å². The van der Waals surface area contributed by atoms with E-state index in [1.165, 1.54) is 43.1 Å². The zero-order chi connectivity index (χ0) is 33.0. The molecule has 0 atom stereocenters. The molecule has 0 N–H and O–H groups in total. The molecule has 0 aliphatic carbocycles. The van der Waals surface area contributed by atoms with E-state index in [9.17, 15) is 0 Å². The lowest BCUT2D eigenvalue weighted by atomic mass is 9.86. The average molecular weight is 636 g/mol. The van der Waals surface area contributed by atoms with Crippen molar-refractivity contribution in [1.29, 1.82) is 0 Å². The predicted molar refractivity (Wildman–Crippen MR) is 209 cm³/mol. The third-order valence-corrected chi connectivity index (χ3v) is 9.90. The van der Waals surface area contributed by atoms with E-state index in [1.54, 1.807) is 0 Å². The Labute approximate surface area is 289 Å². The van der Waals surface area contributed by atoms with Crippen LogP contribution in [-0.2, 0) is 0 Å². The smallest absolute Gasteiger partial charge is 0.164 e. The second-order valence-corrected chi connectivity index (χ2v) is 12.7. The Morgan fingerprint density at radius 1 is 0.260 bits per heavy atom. The lowest BCUT2D eigenvalue weighted by Gasteiger charge is -2.18. The highest BCUT2D eigenvalue weighted by Gasteiger charge is 2.20. The van der Waals surface area contributed by atoms with Gasteiger partial charge in [-0.25, -0.2) is 15.0 Å². The van der Waals surface area contributed by atoms with Crippen molar-refractivity contribution in [3.63, 3.8) is 0 Å². The molecule has 0 bridgehead atoms. The Morgan fingerprint density at radius 3 is 1.46 bits per heavy atom. The lowest BCUT2D eigenvalue weighted by molar-refractivity contribution is 1.08. The molecule has 1 heterocycles. The van der Waals surface area contributed by atoms with Crippen molar-refractivity contribution in [3.8, 4) is 45.3 Å². The molecule has 0 fully saturated rings. The molecule has 0 saturated carbocycles. The van der Waals surface area contributed by atoms with Gasteiger partial charge in [0.25, 0.3) is 0 Å². The summed E-state index contributed by atoms with van der Waals surface area (Å²) in [5.74, 6) is 1.94. The van der Waals surface area contributed by atoms with E-state index in [0.717, 1.165) is 38.6 Å². The normalized spacial score (nSPS) is 11.6. The number of hydrogen-bond acceptors (Lipinski definition) is 3. The molecular formula is C47H29N3. The summed E-state index contributed by atoms with van der Waals surface area (Å²) in [4.78, 5) is 15.5. The van der Waals surface area contributed by atoms with E-state index in [4.69, 9.17) is 15.0 Å². The quantitative estimate of drug-likeness (QED) is 0.181. The van der Waals surface area contributed by atoms with Crippen LogP contribution in [0.3, 0.4) is 0 Å². The van der Waals surface area contributed by atoms with Gasteiger partial charge < -0.3 is 0 Å². The second-order valence-electron chi connectivity index (χ2n) is 12.7. The molecule has 0 radical (unpaired) electrons. The number of rotatable bonds is 4. The van der Waals surface area contributed by atoms with Crippen LogP contribution in [0, 0.1) is 0 Å². The van der Waals surface area contributed by atoms with Crippen LogP contribution in [0.2, 0.25) is 0 Å². The Hall–Kier alpha value is -6.71. The highest BCUT2D eigenvalue weighted by atomic mass is 15.0. The third-order valence-electron chi connectivity index (χ3n) is 9.90. The summed E-state index contributed by atoms with van der Waals surface area (Å²) in [6.45, 7) is 0. The summed E-state index contributed by atoms with van der Waals surface area (Å²) < 4.78 is 0. The van der Waals surface area contributed by atoms with Crippen LogP contribution >= 0.6 is 0 Å². The van der Waals surface area contributed by atoms with Crippen molar-refractivity contribution in [1.82, 2.24) is 15.0 Å². The fourth-order valence-electron chi connectivity index (χ4n) is 7.66. The van der Waals surface area contributed by atoms with Gasteiger partial charge in [0.15, 0.2) is 17.5 Å². The molecule has 0 aliphatic heterocycles. The van der Waals surface area contributed by atoms with Gasteiger partial charge >= 0.3 is 0 Å². The fraction of sp³-hybridized carbons (Fsp3) is 0. The molecule has 50 heavy (non-hydrogen) atoms. The minimum Gasteiger partial charge on any atom is -0.208 e. The number of benzene rings is 9. The maximum absolute atomic E-state index is 5.25. The maximum Gasteiger partial charge on any atom is 0.164 e. The van der Waals surface area contributed by atoms with Gasteiger partial charge in [-0.05, 0) is 71.1 Å². The van der Waals surface area contributed by atoms with Gasteiger partial charge in [-0.15, -0.1) is 0 Å². The van der Waals surface area contributed by atoms with E-state index >= 15 is 0 Å². The van der Waals surface area contributed by atoms with Gasteiger partial charge in [0.2, 0.25) is 0 Å². The first kappa shape index (κ1) is 28.3. The summed E-state index contributed by atoms with van der Waals surface area (Å²) in [5, 5.41) is 12.2. The first-order valence-electron chi connectivity index (χ1n) is 17.0. The molecule has 9 aromatic carbocycles. The largest absolute Gasteiger partial charge is 0.208 e. The highest BCUT2D eigenvalue weighted by molar-refractivity contribution is 6.33. The van der Waals surface area contributed by atoms with E-state index in [0.29, 0.717) is 17.5 Å². The molecular weight excluding hydrogens is 607 g/mol. The minimum atomic E-state index is 0.643. The molecule has 10 rings (SSSR count). The average Bonchev–Trinajstić information content (AvgIpc) is 3.20. The second kappa shape index (κ2) is 11.5. The highest BCUT2D eigenvalue weighted by Crippen LogP contribution is 2.44. The number of nitrogens with zero attached hydrogens (tertiary/aromatic N) is 3. The van der Waals surface area contributed by atoms with Crippen molar-refractivity contribution in [2.75, 3.05) is 0 Å². The number of fused-ring (bicyclic) bond motifs is 9. The molecule has 3 nitrogen and oxygen atoms in total. The summed E-state index contributed by atoms with van der Waals surface area (Å²) in [6.07, 6.45) is 0. The first-order valence-corrected chi connectivity index (χ1v) is 17.0. The van der Waals surface area contributed by atoms with E-state index in [2.05, 4.69) is 158 Å². The van der Waals surface area contributed by atoms with Crippen LogP contribution in [0.4, 0.5) is 0 Å². The van der Waals surface area contributed by atoms with Gasteiger partial charge in [0.1, 0.15) is 0 Å². The van der Waals surface area contributed by atoms with Gasteiger partial charge in [0.05, 0.1) is 0 Å². The number of hydrogen-bond donors (Lipinski definition) is 0. The molecule has 3 heteroatoms. The molecule has 0 aliphatic rings. The molecule has 1 aromatic heterocycles. The van der Waals surface area contributed by atoms with Crippen LogP contribution in [0.5, 0.6) is 0 Å². The van der Waals surface area contributed by atoms with E-state index in [1.807, 2.05) is 18.2 Å². The monoisotopic (exact) mass is 635 g/mol. The van der Waals surface area contributed by atoms with Crippen molar-refractivity contribution in [2.24, 2.45) is 0 Å². The Bertz CT molecular complexity index is 2920. The molecule has 232 valence electrons. The molecule has 0 amide bonds. The minimum absolute atomic E-state index is 0.643. The Kier molecular flexibility index (Phi) is 6.49. The zero-order valence-corrected chi connectivity index (χ0v) is 27.1. The molecule has 10 aromatic rings. The predicted octanol–water partition coefficient (Wildman–Crippen LogP) is 12.3. The van der Waals surface area contributed by atoms with E-state index in [-0.39, 0.29) is 0 Å². The van der Waals surface area contributed by atoms with Crippen LogP contribution in [0.15, 0.2) is 176 Å². The molecule has 0 unspecified atom stereocenters. The Balaban J connectivity index is 1.28.